The first kappa shape index (κ1) is 20.7. The first-order valence-electron chi connectivity index (χ1n) is 9.45. The molecule has 2 atom stereocenters. The number of hydrogen-bond acceptors (Lipinski definition) is 4. The van der Waals surface area contributed by atoms with Crippen LogP contribution in [-0.2, 0) is 9.53 Å². The Hall–Kier alpha value is -1.98. The van der Waals surface area contributed by atoms with Gasteiger partial charge in [0.2, 0.25) is 0 Å². The van der Waals surface area contributed by atoms with E-state index in [1.165, 1.54) is 11.8 Å². The summed E-state index contributed by atoms with van der Waals surface area (Å²) in [6, 6.07) is 14.2. The zero-order valence-electron chi connectivity index (χ0n) is 16.1. The van der Waals surface area contributed by atoms with Crippen LogP contribution in [0.3, 0.4) is 0 Å². The number of ether oxygens (including phenoxy) is 1. The maximum absolute atomic E-state index is 13.4. The first-order chi connectivity index (χ1) is 13.5. The number of hydrogen-bond donors (Lipinski definition) is 0. The summed E-state index contributed by atoms with van der Waals surface area (Å²) in [6.45, 7) is 4.39. The second kappa shape index (κ2) is 9.48. The maximum Gasteiger partial charge on any atom is 0.329 e. The highest BCUT2D eigenvalue weighted by molar-refractivity contribution is 7.99. The van der Waals surface area contributed by atoms with Gasteiger partial charge in [-0.1, -0.05) is 60.8 Å². The lowest BCUT2D eigenvalue weighted by Gasteiger charge is -2.29. The van der Waals surface area contributed by atoms with E-state index in [1.807, 2.05) is 44.2 Å². The predicted octanol–water partition coefficient (Wildman–Crippen LogP) is 5.25. The predicted molar refractivity (Wildman–Crippen MR) is 114 cm³/mol. The molecule has 6 heteroatoms. The Bertz CT molecular complexity index is 840. The van der Waals surface area contributed by atoms with E-state index in [2.05, 4.69) is 0 Å². The van der Waals surface area contributed by atoms with Gasteiger partial charge in [-0.2, -0.15) is 0 Å². The summed E-state index contributed by atoms with van der Waals surface area (Å²) in [6.07, 6.45) is 1.76. The molecule has 0 bridgehead atoms. The monoisotopic (exact) mass is 417 g/mol. The normalized spacial score (nSPS) is 18.9. The van der Waals surface area contributed by atoms with E-state index in [-0.39, 0.29) is 17.3 Å². The fourth-order valence-corrected chi connectivity index (χ4v) is 4.86. The molecule has 0 aliphatic carbocycles. The van der Waals surface area contributed by atoms with E-state index in [9.17, 15) is 9.59 Å². The van der Waals surface area contributed by atoms with Crippen LogP contribution in [0, 0.1) is 6.92 Å². The molecule has 0 saturated carbocycles. The van der Waals surface area contributed by atoms with Crippen LogP contribution in [0.2, 0.25) is 5.02 Å². The third kappa shape index (κ3) is 4.53. The fourth-order valence-electron chi connectivity index (χ4n) is 3.11. The van der Waals surface area contributed by atoms with Crippen molar-refractivity contribution in [3.05, 3.63) is 70.2 Å². The Labute approximate surface area is 175 Å². The smallest absolute Gasteiger partial charge is 0.329 e. The molecule has 0 radical (unpaired) electrons. The zero-order valence-corrected chi connectivity index (χ0v) is 17.6. The number of benzene rings is 2. The van der Waals surface area contributed by atoms with Crippen LogP contribution in [0.4, 0.5) is 0 Å². The van der Waals surface area contributed by atoms with Crippen molar-refractivity contribution in [1.82, 2.24) is 4.90 Å². The summed E-state index contributed by atoms with van der Waals surface area (Å²) in [5.74, 6) is -0.0540. The van der Waals surface area contributed by atoms with Gasteiger partial charge in [-0.05, 0) is 31.5 Å². The molecule has 1 aliphatic heterocycles. The highest BCUT2D eigenvalue weighted by atomic mass is 35.5. The van der Waals surface area contributed by atoms with E-state index < -0.39 is 6.04 Å². The van der Waals surface area contributed by atoms with Crippen molar-refractivity contribution in [1.29, 1.82) is 0 Å². The summed E-state index contributed by atoms with van der Waals surface area (Å²) >= 11 is 7.94. The lowest BCUT2D eigenvalue weighted by Crippen LogP contribution is -2.44. The largest absolute Gasteiger partial charge is 0.464 e. The lowest BCUT2D eigenvalue weighted by molar-refractivity contribution is -0.148. The number of thioether (sulfide) groups is 1. The Morgan fingerprint density at radius 2 is 1.89 bits per heavy atom. The van der Waals surface area contributed by atoms with Gasteiger partial charge >= 0.3 is 5.97 Å². The SMILES string of the molecule is CCCCOC(=O)[C@H]1CS[C@@H](c2ccccc2Cl)N1C(=O)c1ccc(C)cc1. The molecule has 2 aromatic carbocycles. The third-order valence-corrected chi connectivity index (χ3v) is 6.37. The van der Waals surface area contributed by atoms with Crippen LogP contribution in [0.25, 0.3) is 0 Å². The average molecular weight is 418 g/mol. The number of aryl methyl sites for hydroxylation is 1. The molecule has 3 rings (SSSR count). The number of esters is 1. The van der Waals surface area contributed by atoms with Crippen LogP contribution >= 0.6 is 23.4 Å². The highest BCUT2D eigenvalue weighted by Gasteiger charge is 2.44. The van der Waals surface area contributed by atoms with E-state index >= 15 is 0 Å². The molecule has 0 spiro atoms. The summed E-state index contributed by atoms with van der Waals surface area (Å²) in [5.41, 5.74) is 2.46. The highest BCUT2D eigenvalue weighted by Crippen LogP contribution is 2.44. The Balaban J connectivity index is 1.92. The maximum atomic E-state index is 13.4. The van der Waals surface area contributed by atoms with Crippen molar-refractivity contribution in [2.45, 2.75) is 38.1 Å². The number of unbranched alkanes of at least 4 members (excludes halogenated alkanes) is 1. The molecule has 0 N–H and O–H groups in total. The van der Waals surface area contributed by atoms with Gasteiger partial charge in [0, 0.05) is 21.9 Å². The number of carbonyl (C=O) groups excluding carboxylic acids is 2. The van der Waals surface area contributed by atoms with E-state index in [0.717, 1.165) is 24.0 Å². The lowest BCUT2D eigenvalue weighted by atomic mass is 10.1. The van der Waals surface area contributed by atoms with Gasteiger partial charge in [-0.25, -0.2) is 4.79 Å². The summed E-state index contributed by atoms with van der Waals surface area (Å²) in [5, 5.41) is 0.257. The van der Waals surface area contributed by atoms with Gasteiger partial charge in [-0.3, -0.25) is 4.79 Å². The number of halogens is 1. The molecule has 1 fully saturated rings. The number of carbonyl (C=O) groups is 2. The van der Waals surface area contributed by atoms with Gasteiger partial charge in [-0.15, -0.1) is 11.8 Å². The summed E-state index contributed by atoms with van der Waals surface area (Å²) in [4.78, 5) is 27.7. The minimum atomic E-state index is -0.628. The van der Waals surface area contributed by atoms with E-state index in [1.54, 1.807) is 23.1 Å². The molecule has 1 aliphatic rings. The Kier molecular flexibility index (Phi) is 7.03. The molecule has 1 heterocycles. The third-order valence-electron chi connectivity index (χ3n) is 4.72. The second-order valence-electron chi connectivity index (χ2n) is 6.82. The molecule has 0 aromatic heterocycles. The van der Waals surface area contributed by atoms with Crippen LogP contribution in [-0.4, -0.2) is 35.2 Å². The van der Waals surface area contributed by atoms with E-state index in [4.69, 9.17) is 16.3 Å². The van der Waals surface area contributed by atoms with Gasteiger partial charge in [0.15, 0.2) is 0 Å². The minimum Gasteiger partial charge on any atom is -0.464 e. The minimum absolute atomic E-state index is 0.188. The van der Waals surface area contributed by atoms with Crippen molar-refractivity contribution in [2.24, 2.45) is 0 Å². The van der Waals surface area contributed by atoms with Gasteiger partial charge in [0.25, 0.3) is 5.91 Å². The molecule has 0 unspecified atom stereocenters. The zero-order chi connectivity index (χ0) is 20.1. The van der Waals surface area contributed by atoms with E-state index in [0.29, 0.717) is 22.9 Å². The van der Waals surface area contributed by atoms with Gasteiger partial charge < -0.3 is 9.64 Å². The van der Waals surface area contributed by atoms with Crippen molar-refractivity contribution in [3.63, 3.8) is 0 Å². The molecular weight excluding hydrogens is 394 g/mol. The molecule has 2 aromatic rings. The number of rotatable bonds is 6. The van der Waals surface area contributed by atoms with Crippen molar-refractivity contribution >= 4 is 35.2 Å². The number of amides is 1. The molecule has 1 saturated heterocycles. The topological polar surface area (TPSA) is 46.6 Å². The second-order valence-corrected chi connectivity index (χ2v) is 8.34. The standard InChI is InChI=1S/C22H24ClNO3S/c1-3-4-13-27-22(26)19-14-28-21(17-7-5-6-8-18(17)23)24(19)20(25)16-11-9-15(2)10-12-16/h5-12,19,21H,3-4,13-14H2,1-2H3/t19-,21+/m1/s1. The van der Waals surface area contributed by atoms with Crippen molar-refractivity contribution in [3.8, 4) is 0 Å². The molecule has 148 valence electrons. The number of nitrogens with zero attached hydrogens (tertiary/aromatic N) is 1. The summed E-state index contributed by atoms with van der Waals surface area (Å²) < 4.78 is 5.44. The van der Waals surface area contributed by atoms with Crippen LogP contribution < -0.4 is 0 Å². The quantitative estimate of drug-likeness (QED) is 0.475. The Morgan fingerprint density at radius 3 is 2.57 bits per heavy atom. The fraction of sp³-hybridized carbons (Fsp3) is 0.364. The molecular formula is C22H24ClNO3S. The molecule has 4 nitrogen and oxygen atoms in total. The first-order valence-corrected chi connectivity index (χ1v) is 10.9. The van der Waals surface area contributed by atoms with Crippen molar-refractivity contribution in [2.75, 3.05) is 12.4 Å². The van der Waals surface area contributed by atoms with Gasteiger partial charge in [0.1, 0.15) is 11.4 Å². The van der Waals surface area contributed by atoms with Crippen LogP contribution in [0.15, 0.2) is 48.5 Å². The van der Waals surface area contributed by atoms with Crippen LogP contribution in [0.5, 0.6) is 0 Å². The van der Waals surface area contributed by atoms with Crippen molar-refractivity contribution < 1.29 is 14.3 Å². The molecule has 28 heavy (non-hydrogen) atoms. The van der Waals surface area contributed by atoms with Gasteiger partial charge in [0.05, 0.1) is 6.61 Å². The average Bonchev–Trinajstić information content (AvgIpc) is 3.13. The summed E-state index contributed by atoms with van der Waals surface area (Å²) in [7, 11) is 0. The Morgan fingerprint density at radius 1 is 1.18 bits per heavy atom. The molecule has 1 amide bonds. The van der Waals surface area contributed by atoms with Crippen LogP contribution in [0.1, 0.15) is 46.6 Å².